The van der Waals surface area contributed by atoms with Crippen molar-refractivity contribution < 1.29 is 14.1 Å². The minimum atomic E-state index is -0.865. The topological polar surface area (TPSA) is 84.3 Å². The van der Waals surface area contributed by atoms with E-state index in [2.05, 4.69) is 10.6 Å². The number of hydrogen-bond acceptors (Lipinski definition) is 4. The van der Waals surface area contributed by atoms with E-state index in [-0.39, 0.29) is 17.3 Å². The number of amides is 1. The summed E-state index contributed by atoms with van der Waals surface area (Å²) in [5.41, 5.74) is -0.509. The molecule has 0 spiro atoms. The first-order valence-corrected chi connectivity index (χ1v) is 6.03. The van der Waals surface area contributed by atoms with Gasteiger partial charge in [0.2, 0.25) is 0 Å². The Balaban J connectivity index is 1.71. The number of nitrogens with one attached hydrogen (secondary N) is 2. The molecule has 2 fully saturated rings. The molecule has 100 valence electrons. The van der Waals surface area contributed by atoms with E-state index in [4.69, 9.17) is 0 Å². The van der Waals surface area contributed by atoms with E-state index < -0.39 is 16.6 Å². The first kappa shape index (κ1) is 12.0. The monoisotopic (exact) mass is 265 g/mol. The van der Waals surface area contributed by atoms with Gasteiger partial charge in [-0.15, -0.1) is 0 Å². The Labute approximate surface area is 108 Å². The van der Waals surface area contributed by atoms with Crippen LogP contribution in [0.1, 0.15) is 10.4 Å². The van der Waals surface area contributed by atoms with Gasteiger partial charge in [0.05, 0.1) is 16.6 Å². The van der Waals surface area contributed by atoms with Crippen molar-refractivity contribution >= 4 is 11.6 Å². The van der Waals surface area contributed by atoms with Crippen LogP contribution in [0.25, 0.3) is 0 Å². The molecule has 2 atom stereocenters. The maximum Gasteiger partial charge on any atom is 0.272 e. The Morgan fingerprint density at radius 1 is 1.42 bits per heavy atom. The summed E-state index contributed by atoms with van der Waals surface area (Å²) in [5, 5.41) is 16.5. The summed E-state index contributed by atoms with van der Waals surface area (Å²) in [4.78, 5) is 21.7. The van der Waals surface area contributed by atoms with Crippen LogP contribution in [0.4, 0.5) is 10.1 Å². The van der Waals surface area contributed by atoms with Crippen molar-refractivity contribution in [2.45, 2.75) is 6.04 Å². The van der Waals surface area contributed by atoms with Gasteiger partial charge in [-0.05, 0) is 17.9 Å². The van der Waals surface area contributed by atoms with Gasteiger partial charge in [-0.2, -0.15) is 0 Å². The SMILES string of the molecule is O=C(NC1C2CNCC21)c1ccc([N+](=O)[O-])cc1F. The van der Waals surface area contributed by atoms with Crippen molar-refractivity contribution in [3.05, 3.63) is 39.7 Å². The highest BCUT2D eigenvalue weighted by atomic mass is 19.1. The lowest BCUT2D eigenvalue weighted by molar-refractivity contribution is -0.385. The second-order valence-corrected chi connectivity index (χ2v) is 4.91. The van der Waals surface area contributed by atoms with Crippen LogP contribution in [-0.2, 0) is 0 Å². The Kier molecular flexibility index (Phi) is 2.70. The number of nitro benzene ring substituents is 1. The molecule has 0 bridgehead atoms. The lowest BCUT2D eigenvalue weighted by atomic mass is 10.1. The molecular formula is C12H12FN3O3. The number of carbonyl (C=O) groups is 1. The quantitative estimate of drug-likeness (QED) is 0.622. The lowest BCUT2D eigenvalue weighted by Crippen LogP contribution is -2.33. The Hall–Kier alpha value is -2.02. The average Bonchev–Trinajstić information content (AvgIpc) is 2.82. The number of nitrogens with zero attached hydrogens (tertiary/aromatic N) is 1. The van der Waals surface area contributed by atoms with Gasteiger partial charge in [0.25, 0.3) is 11.6 Å². The van der Waals surface area contributed by atoms with Gasteiger partial charge in [-0.3, -0.25) is 14.9 Å². The fourth-order valence-electron chi connectivity index (χ4n) is 2.66. The number of halogens is 1. The molecular weight excluding hydrogens is 253 g/mol. The maximum atomic E-state index is 13.6. The number of rotatable bonds is 3. The van der Waals surface area contributed by atoms with Gasteiger partial charge in [0.1, 0.15) is 5.82 Å². The maximum absolute atomic E-state index is 13.6. The van der Waals surface area contributed by atoms with Crippen LogP contribution in [0.15, 0.2) is 18.2 Å². The van der Waals surface area contributed by atoms with Crippen molar-refractivity contribution in [1.29, 1.82) is 0 Å². The summed E-state index contributed by atoms with van der Waals surface area (Å²) in [6.45, 7) is 1.75. The van der Waals surface area contributed by atoms with E-state index in [0.29, 0.717) is 11.8 Å². The van der Waals surface area contributed by atoms with E-state index >= 15 is 0 Å². The summed E-state index contributed by atoms with van der Waals surface area (Å²) in [6.07, 6.45) is 0. The highest BCUT2D eigenvalue weighted by Gasteiger charge is 2.53. The van der Waals surface area contributed by atoms with Gasteiger partial charge in [0, 0.05) is 25.2 Å². The van der Waals surface area contributed by atoms with E-state index in [1.165, 1.54) is 0 Å². The minimum Gasteiger partial charge on any atom is -0.349 e. The normalized spacial score (nSPS) is 27.7. The highest BCUT2D eigenvalue weighted by Crippen LogP contribution is 2.41. The molecule has 1 aromatic rings. The van der Waals surface area contributed by atoms with E-state index in [1.54, 1.807) is 0 Å². The standard InChI is InChI=1S/C12H12FN3O3/c13-10-3-6(16(18)19)1-2-7(10)12(17)15-11-8-4-14-5-9(8)11/h1-3,8-9,11,14H,4-5H2,(H,15,17). The van der Waals surface area contributed by atoms with Crippen molar-refractivity contribution in [2.24, 2.45) is 11.8 Å². The Morgan fingerprint density at radius 3 is 2.68 bits per heavy atom. The molecule has 1 aliphatic carbocycles. The van der Waals surface area contributed by atoms with E-state index in [1.807, 2.05) is 0 Å². The van der Waals surface area contributed by atoms with Gasteiger partial charge < -0.3 is 10.6 Å². The number of benzene rings is 1. The number of non-ortho nitro benzene ring substituents is 1. The molecule has 2 N–H and O–H groups in total. The molecule has 1 amide bonds. The van der Waals surface area contributed by atoms with E-state index in [0.717, 1.165) is 31.3 Å². The van der Waals surface area contributed by atoms with Crippen LogP contribution in [0.2, 0.25) is 0 Å². The van der Waals surface area contributed by atoms with Crippen molar-refractivity contribution in [1.82, 2.24) is 10.6 Å². The summed E-state index contributed by atoms with van der Waals surface area (Å²) in [5.74, 6) is -0.502. The smallest absolute Gasteiger partial charge is 0.272 e. The molecule has 2 aliphatic rings. The van der Waals surface area contributed by atoms with Crippen LogP contribution in [0.5, 0.6) is 0 Å². The molecule has 1 aromatic carbocycles. The van der Waals surface area contributed by atoms with Crippen LogP contribution in [0.3, 0.4) is 0 Å². The number of carbonyl (C=O) groups excluding carboxylic acids is 1. The second kappa shape index (κ2) is 4.27. The predicted octanol–water partition coefficient (Wildman–Crippen LogP) is 0.682. The zero-order chi connectivity index (χ0) is 13.6. The first-order chi connectivity index (χ1) is 9.08. The third-order valence-electron chi connectivity index (χ3n) is 3.80. The van der Waals surface area contributed by atoms with Gasteiger partial charge in [-0.1, -0.05) is 0 Å². The molecule has 3 rings (SSSR count). The Morgan fingerprint density at radius 2 is 2.11 bits per heavy atom. The molecule has 1 heterocycles. The fourth-order valence-corrected chi connectivity index (χ4v) is 2.66. The highest BCUT2D eigenvalue weighted by molar-refractivity contribution is 5.95. The van der Waals surface area contributed by atoms with E-state index in [9.17, 15) is 19.3 Å². The molecule has 1 saturated heterocycles. The van der Waals surface area contributed by atoms with Gasteiger partial charge in [-0.25, -0.2) is 4.39 Å². The number of fused-ring (bicyclic) bond motifs is 1. The van der Waals surface area contributed by atoms with Crippen molar-refractivity contribution in [3.8, 4) is 0 Å². The van der Waals surface area contributed by atoms with Crippen LogP contribution < -0.4 is 10.6 Å². The Bertz CT molecular complexity index is 553. The average molecular weight is 265 g/mol. The summed E-state index contributed by atoms with van der Waals surface area (Å²) < 4.78 is 13.6. The molecule has 2 unspecified atom stereocenters. The molecule has 7 heteroatoms. The van der Waals surface area contributed by atoms with Crippen LogP contribution >= 0.6 is 0 Å². The molecule has 1 saturated carbocycles. The molecule has 1 aliphatic heterocycles. The zero-order valence-corrected chi connectivity index (χ0v) is 9.93. The van der Waals surface area contributed by atoms with Crippen LogP contribution in [-0.4, -0.2) is 30.0 Å². The zero-order valence-electron chi connectivity index (χ0n) is 9.93. The predicted molar refractivity (Wildman–Crippen MR) is 64.2 cm³/mol. The third kappa shape index (κ3) is 2.06. The number of hydrogen-bond donors (Lipinski definition) is 2. The molecule has 6 nitrogen and oxygen atoms in total. The van der Waals surface area contributed by atoms with Gasteiger partial charge in [0.15, 0.2) is 0 Å². The van der Waals surface area contributed by atoms with Gasteiger partial charge >= 0.3 is 0 Å². The number of piperidine rings is 1. The first-order valence-electron chi connectivity index (χ1n) is 6.03. The molecule has 0 radical (unpaired) electrons. The lowest BCUT2D eigenvalue weighted by Gasteiger charge is -2.08. The second-order valence-electron chi connectivity index (χ2n) is 4.91. The largest absolute Gasteiger partial charge is 0.349 e. The molecule has 0 aromatic heterocycles. The summed E-state index contributed by atoms with van der Waals surface area (Å²) >= 11 is 0. The summed E-state index contributed by atoms with van der Waals surface area (Å²) in [6, 6.07) is 3.15. The van der Waals surface area contributed by atoms with Crippen LogP contribution in [0, 0.1) is 27.8 Å². The minimum absolute atomic E-state index is 0.100. The fraction of sp³-hybridized carbons (Fsp3) is 0.417. The molecule has 19 heavy (non-hydrogen) atoms. The van der Waals surface area contributed by atoms with Crippen molar-refractivity contribution in [2.75, 3.05) is 13.1 Å². The third-order valence-corrected chi connectivity index (χ3v) is 3.80. The summed E-state index contributed by atoms with van der Waals surface area (Å²) in [7, 11) is 0. The van der Waals surface area contributed by atoms with Crippen molar-refractivity contribution in [3.63, 3.8) is 0 Å². The number of nitro groups is 1.